The van der Waals surface area contributed by atoms with Crippen molar-refractivity contribution in [2.24, 2.45) is 10.1 Å². The molecule has 2 aliphatic rings. The van der Waals surface area contributed by atoms with Crippen LogP contribution in [-0.2, 0) is 0 Å². The van der Waals surface area contributed by atoms with Crippen molar-refractivity contribution < 1.29 is 0 Å². The van der Waals surface area contributed by atoms with Crippen LogP contribution in [0.25, 0.3) is 0 Å². The molecule has 0 aromatic heterocycles. The normalized spacial score (nSPS) is 24.1. The quantitative estimate of drug-likeness (QED) is 0.824. The van der Waals surface area contributed by atoms with Crippen LogP contribution in [0.4, 0.5) is 5.69 Å². The van der Waals surface area contributed by atoms with Gasteiger partial charge in [-0.15, -0.1) is 0 Å². The van der Waals surface area contributed by atoms with E-state index < -0.39 is 0 Å². The van der Waals surface area contributed by atoms with Crippen molar-refractivity contribution in [3.05, 3.63) is 42.6 Å². The van der Waals surface area contributed by atoms with Crippen molar-refractivity contribution in [2.75, 3.05) is 12.0 Å². The molecular weight excluding hydrogens is 236 g/mol. The van der Waals surface area contributed by atoms with Crippen LogP contribution in [0.15, 0.2) is 52.7 Å². The summed E-state index contributed by atoms with van der Waals surface area (Å²) in [7, 11) is 0. The van der Waals surface area contributed by atoms with Gasteiger partial charge in [0.05, 0.1) is 5.69 Å². The molecule has 1 fully saturated rings. The fourth-order valence-electron chi connectivity index (χ4n) is 2.44. The molecule has 0 radical (unpaired) electrons. The third-order valence-electron chi connectivity index (χ3n) is 3.56. The number of amidine groups is 1. The predicted octanol–water partition coefficient (Wildman–Crippen LogP) is 2.86. The van der Waals surface area contributed by atoms with E-state index in [-0.39, 0.29) is 0 Å². The minimum Gasteiger partial charge on any atom is -0.349 e. The molecule has 19 heavy (non-hydrogen) atoms. The summed E-state index contributed by atoms with van der Waals surface area (Å²) < 4.78 is 0. The molecule has 1 unspecified atom stereocenters. The summed E-state index contributed by atoms with van der Waals surface area (Å²) in [4.78, 5) is 6.80. The average Bonchev–Trinajstić information content (AvgIpc) is 2.48. The number of hydrogen-bond acceptors (Lipinski definition) is 4. The summed E-state index contributed by atoms with van der Waals surface area (Å²) in [6, 6.07) is 10.6. The van der Waals surface area contributed by atoms with Gasteiger partial charge in [-0.3, -0.25) is 5.43 Å². The number of anilines is 1. The maximum Gasteiger partial charge on any atom is 0.152 e. The number of benzene rings is 1. The lowest BCUT2D eigenvalue weighted by molar-refractivity contribution is 0.334. The standard InChI is InChI=1S/C15H18N4/c1-12-8-9-14(15-16-10-5-11-19(12)15)18-17-13-6-3-2-4-7-13/h2-7,10,12,17H,8-9,11H2,1H3. The van der Waals surface area contributed by atoms with Gasteiger partial charge in [-0.25, -0.2) is 4.99 Å². The average molecular weight is 254 g/mol. The van der Waals surface area contributed by atoms with Crippen LogP contribution >= 0.6 is 0 Å². The van der Waals surface area contributed by atoms with Gasteiger partial charge in [-0.05, 0) is 38.0 Å². The number of nitrogens with one attached hydrogen (secondary N) is 1. The lowest BCUT2D eigenvalue weighted by Crippen LogP contribution is -2.48. The van der Waals surface area contributed by atoms with E-state index in [4.69, 9.17) is 0 Å². The fraction of sp³-hybridized carbons (Fsp3) is 0.333. The first-order valence-electron chi connectivity index (χ1n) is 6.72. The van der Waals surface area contributed by atoms with Gasteiger partial charge in [0.1, 0.15) is 5.71 Å². The first-order valence-corrected chi connectivity index (χ1v) is 6.72. The number of hydrazone groups is 1. The van der Waals surface area contributed by atoms with E-state index in [0.29, 0.717) is 6.04 Å². The molecule has 0 amide bonds. The molecule has 0 saturated carbocycles. The van der Waals surface area contributed by atoms with Gasteiger partial charge in [0.15, 0.2) is 5.84 Å². The smallest absolute Gasteiger partial charge is 0.152 e. The zero-order valence-corrected chi connectivity index (χ0v) is 11.1. The molecule has 0 bridgehead atoms. The maximum atomic E-state index is 4.53. The molecular formula is C15H18N4. The third kappa shape index (κ3) is 2.52. The monoisotopic (exact) mass is 254 g/mol. The predicted molar refractivity (Wildman–Crippen MR) is 79.5 cm³/mol. The van der Waals surface area contributed by atoms with Crippen LogP contribution < -0.4 is 5.43 Å². The Kier molecular flexibility index (Phi) is 3.31. The van der Waals surface area contributed by atoms with E-state index in [0.717, 1.165) is 36.6 Å². The summed E-state index contributed by atoms with van der Waals surface area (Å²) in [5.41, 5.74) is 5.17. The SMILES string of the molecule is CC1CCC(=NNc2ccccc2)C2=NC=CCN21. The van der Waals surface area contributed by atoms with Gasteiger partial charge in [-0.2, -0.15) is 5.10 Å². The van der Waals surface area contributed by atoms with E-state index in [2.05, 4.69) is 33.4 Å². The largest absolute Gasteiger partial charge is 0.349 e. The molecule has 1 atom stereocenters. The highest BCUT2D eigenvalue weighted by molar-refractivity contribution is 6.42. The van der Waals surface area contributed by atoms with Crippen molar-refractivity contribution in [1.82, 2.24) is 4.90 Å². The van der Waals surface area contributed by atoms with E-state index in [1.807, 2.05) is 36.5 Å². The van der Waals surface area contributed by atoms with Gasteiger partial charge in [0, 0.05) is 18.8 Å². The molecule has 4 nitrogen and oxygen atoms in total. The number of piperidine rings is 1. The zero-order valence-electron chi connectivity index (χ0n) is 11.1. The molecule has 98 valence electrons. The Balaban J connectivity index is 1.80. The minimum absolute atomic E-state index is 0.541. The summed E-state index contributed by atoms with van der Waals surface area (Å²) in [6.45, 7) is 3.18. The molecule has 4 heteroatoms. The van der Waals surface area contributed by atoms with Gasteiger partial charge < -0.3 is 4.90 Å². The summed E-state index contributed by atoms with van der Waals surface area (Å²) in [6.07, 6.45) is 6.07. The van der Waals surface area contributed by atoms with Gasteiger partial charge in [0.25, 0.3) is 0 Å². The Morgan fingerprint density at radius 3 is 3.00 bits per heavy atom. The van der Waals surface area contributed by atoms with E-state index in [1.165, 1.54) is 0 Å². The summed E-state index contributed by atoms with van der Waals surface area (Å²) >= 11 is 0. The van der Waals surface area contributed by atoms with E-state index in [1.54, 1.807) is 0 Å². The number of nitrogens with zero attached hydrogens (tertiary/aromatic N) is 3. The second kappa shape index (κ2) is 5.26. The van der Waals surface area contributed by atoms with E-state index >= 15 is 0 Å². The van der Waals surface area contributed by atoms with Crippen LogP contribution in [0.2, 0.25) is 0 Å². The number of hydrogen-bond donors (Lipinski definition) is 1. The second-order valence-corrected chi connectivity index (χ2v) is 4.91. The highest BCUT2D eigenvalue weighted by Crippen LogP contribution is 2.20. The third-order valence-corrected chi connectivity index (χ3v) is 3.56. The van der Waals surface area contributed by atoms with Crippen LogP contribution in [0.3, 0.4) is 0 Å². The van der Waals surface area contributed by atoms with Gasteiger partial charge >= 0.3 is 0 Å². The molecule has 1 saturated heterocycles. The molecule has 2 heterocycles. The minimum atomic E-state index is 0.541. The zero-order chi connectivity index (χ0) is 13.1. The Morgan fingerprint density at radius 1 is 1.32 bits per heavy atom. The molecule has 1 aromatic rings. The molecule has 0 aliphatic carbocycles. The lowest BCUT2D eigenvalue weighted by atomic mass is 10.00. The summed E-state index contributed by atoms with van der Waals surface area (Å²) in [5.74, 6) is 1.02. The summed E-state index contributed by atoms with van der Waals surface area (Å²) in [5, 5.41) is 4.53. The molecule has 0 spiro atoms. The first-order chi connectivity index (χ1) is 9.34. The number of fused-ring (bicyclic) bond motifs is 1. The van der Waals surface area contributed by atoms with Crippen LogP contribution in [-0.4, -0.2) is 29.0 Å². The molecule has 1 N–H and O–H groups in total. The highest BCUT2D eigenvalue weighted by Gasteiger charge is 2.28. The van der Waals surface area contributed by atoms with Crippen molar-refractivity contribution >= 4 is 17.2 Å². The van der Waals surface area contributed by atoms with Crippen LogP contribution in [0.1, 0.15) is 19.8 Å². The maximum absolute atomic E-state index is 4.53. The van der Waals surface area contributed by atoms with Gasteiger partial charge in [0.2, 0.25) is 0 Å². The van der Waals surface area contributed by atoms with Crippen molar-refractivity contribution in [2.45, 2.75) is 25.8 Å². The van der Waals surface area contributed by atoms with Gasteiger partial charge in [-0.1, -0.05) is 18.2 Å². The fourth-order valence-corrected chi connectivity index (χ4v) is 2.44. The Labute approximate surface area is 113 Å². The van der Waals surface area contributed by atoms with Crippen molar-refractivity contribution in [3.8, 4) is 0 Å². The topological polar surface area (TPSA) is 40.0 Å². The van der Waals surface area contributed by atoms with E-state index in [9.17, 15) is 0 Å². The number of rotatable bonds is 2. The number of aliphatic imine (C=N–C) groups is 1. The van der Waals surface area contributed by atoms with Crippen LogP contribution in [0.5, 0.6) is 0 Å². The van der Waals surface area contributed by atoms with Crippen molar-refractivity contribution in [3.63, 3.8) is 0 Å². The molecule has 1 aromatic carbocycles. The first kappa shape index (κ1) is 12.0. The lowest BCUT2D eigenvalue weighted by Gasteiger charge is -2.37. The van der Waals surface area contributed by atoms with Crippen molar-refractivity contribution in [1.29, 1.82) is 0 Å². The molecule has 3 rings (SSSR count). The Hall–Kier alpha value is -2.10. The molecule has 2 aliphatic heterocycles. The number of para-hydroxylation sites is 1. The Bertz CT molecular complexity index is 530. The highest BCUT2D eigenvalue weighted by atomic mass is 15.3. The Morgan fingerprint density at radius 2 is 2.16 bits per heavy atom. The second-order valence-electron chi connectivity index (χ2n) is 4.91. The van der Waals surface area contributed by atoms with Crippen LogP contribution in [0, 0.1) is 0 Å².